The zero-order valence-corrected chi connectivity index (χ0v) is 17.6. The maximum atomic E-state index is 5.48. The first kappa shape index (κ1) is 20.1. The van der Waals surface area contributed by atoms with Crippen molar-refractivity contribution in [3.8, 4) is 5.75 Å². The highest BCUT2D eigenvalue weighted by molar-refractivity contribution is 14.0. The van der Waals surface area contributed by atoms with Gasteiger partial charge in [-0.05, 0) is 18.6 Å². The number of aliphatic imine (C=N–C) groups is 1. The molecule has 7 heteroatoms. The molecule has 2 N–H and O–H groups in total. The molecule has 25 heavy (non-hydrogen) atoms. The number of hydrogen-bond acceptors (Lipinski definition) is 4. The molecule has 140 valence electrons. The SMILES string of the molecule is CN=C(NCC1(C)COC1)NC1CCN(c2ccccc2OC)C1.I. The normalized spacial score (nSPS) is 22.0. The summed E-state index contributed by atoms with van der Waals surface area (Å²) in [7, 11) is 3.54. The number of rotatable bonds is 5. The average molecular weight is 460 g/mol. The molecule has 0 spiro atoms. The predicted octanol–water partition coefficient (Wildman–Crippen LogP) is 2.09. The van der Waals surface area contributed by atoms with Gasteiger partial charge in [-0.2, -0.15) is 0 Å². The molecule has 0 bridgehead atoms. The van der Waals surface area contributed by atoms with Crippen LogP contribution >= 0.6 is 24.0 Å². The van der Waals surface area contributed by atoms with E-state index in [1.165, 1.54) is 0 Å². The van der Waals surface area contributed by atoms with E-state index in [1.54, 1.807) is 7.11 Å². The second-order valence-corrected chi connectivity index (χ2v) is 6.98. The second kappa shape index (κ2) is 8.93. The van der Waals surface area contributed by atoms with Gasteiger partial charge in [0.25, 0.3) is 0 Å². The Labute approximate surface area is 167 Å². The molecule has 1 atom stereocenters. The van der Waals surface area contributed by atoms with E-state index in [2.05, 4.69) is 39.6 Å². The highest BCUT2D eigenvalue weighted by Gasteiger charge is 2.33. The van der Waals surface area contributed by atoms with Gasteiger partial charge in [-0.15, -0.1) is 24.0 Å². The van der Waals surface area contributed by atoms with Crippen molar-refractivity contribution in [1.82, 2.24) is 10.6 Å². The van der Waals surface area contributed by atoms with Crippen LogP contribution in [0.5, 0.6) is 5.75 Å². The number of ether oxygens (including phenoxy) is 2. The number of halogens is 1. The Balaban J connectivity index is 0.00000225. The Hall–Kier alpha value is -1.22. The van der Waals surface area contributed by atoms with Gasteiger partial charge in [0, 0.05) is 38.1 Å². The lowest BCUT2D eigenvalue weighted by molar-refractivity contribution is -0.0971. The van der Waals surface area contributed by atoms with Crippen molar-refractivity contribution in [2.45, 2.75) is 19.4 Å². The van der Waals surface area contributed by atoms with Gasteiger partial charge < -0.3 is 25.0 Å². The Kier molecular flexibility index (Phi) is 7.18. The van der Waals surface area contributed by atoms with Crippen molar-refractivity contribution in [3.05, 3.63) is 24.3 Å². The number of para-hydroxylation sites is 2. The van der Waals surface area contributed by atoms with Crippen LogP contribution in [0.4, 0.5) is 5.69 Å². The molecule has 1 aromatic carbocycles. The predicted molar refractivity (Wildman–Crippen MR) is 112 cm³/mol. The fourth-order valence-electron chi connectivity index (χ4n) is 3.23. The fraction of sp³-hybridized carbons (Fsp3) is 0.611. The number of nitrogens with zero attached hydrogens (tertiary/aromatic N) is 2. The molecule has 2 fully saturated rings. The van der Waals surface area contributed by atoms with Crippen molar-refractivity contribution >= 4 is 35.6 Å². The molecule has 0 saturated carbocycles. The Morgan fingerprint density at radius 3 is 2.80 bits per heavy atom. The van der Waals surface area contributed by atoms with Gasteiger partial charge in [0.05, 0.1) is 26.0 Å². The van der Waals surface area contributed by atoms with E-state index in [1.807, 2.05) is 19.2 Å². The van der Waals surface area contributed by atoms with E-state index in [0.29, 0.717) is 6.04 Å². The first-order valence-corrected chi connectivity index (χ1v) is 8.56. The van der Waals surface area contributed by atoms with Gasteiger partial charge in [-0.3, -0.25) is 4.99 Å². The number of hydrogen-bond donors (Lipinski definition) is 2. The van der Waals surface area contributed by atoms with E-state index >= 15 is 0 Å². The van der Waals surface area contributed by atoms with Crippen LogP contribution in [0, 0.1) is 5.41 Å². The minimum Gasteiger partial charge on any atom is -0.495 e. The van der Waals surface area contributed by atoms with Crippen LogP contribution in [0.1, 0.15) is 13.3 Å². The number of guanidine groups is 1. The molecule has 0 radical (unpaired) electrons. The van der Waals surface area contributed by atoms with Crippen LogP contribution in [-0.4, -0.2) is 59.0 Å². The van der Waals surface area contributed by atoms with Crippen LogP contribution in [0.2, 0.25) is 0 Å². The van der Waals surface area contributed by atoms with Crippen molar-refractivity contribution in [2.75, 3.05) is 51.9 Å². The topological polar surface area (TPSA) is 58.1 Å². The van der Waals surface area contributed by atoms with Crippen LogP contribution in [0.15, 0.2) is 29.3 Å². The summed E-state index contributed by atoms with van der Waals surface area (Å²) in [5, 5.41) is 6.97. The maximum Gasteiger partial charge on any atom is 0.191 e. The first-order valence-electron chi connectivity index (χ1n) is 8.56. The van der Waals surface area contributed by atoms with E-state index in [4.69, 9.17) is 9.47 Å². The van der Waals surface area contributed by atoms with Crippen LogP contribution in [0.3, 0.4) is 0 Å². The zero-order chi connectivity index (χ0) is 17.0. The maximum absolute atomic E-state index is 5.48. The monoisotopic (exact) mass is 460 g/mol. The van der Waals surface area contributed by atoms with Crippen molar-refractivity contribution in [1.29, 1.82) is 0 Å². The lowest BCUT2D eigenvalue weighted by Gasteiger charge is -2.38. The summed E-state index contributed by atoms with van der Waals surface area (Å²) in [5.41, 5.74) is 1.39. The molecule has 0 amide bonds. The zero-order valence-electron chi connectivity index (χ0n) is 15.2. The molecule has 0 aromatic heterocycles. The number of benzene rings is 1. The molecule has 2 aliphatic rings. The molecular formula is C18H29IN4O2. The highest BCUT2D eigenvalue weighted by Crippen LogP contribution is 2.30. The van der Waals surface area contributed by atoms with Crippen LogP contribution < -0.4 is 20.3 Å². The van der Waals surface area contributed by atoms with Crippen LogP contribution in [-0.2, 0) is 4.74 Å². The van der Waals surface area contributed by atoms with Gasteiger partial charge in [0.2, 0.25) is 0 Å². The summed E-state index contributed by atoms with van der Waals surface area (Å²) in [6.07, 6.45) is 1.08. The molecule has 6 nitrogen and oxygen atoms in total. The third-order valence-electron chi connectivity index (χ3n) is 4.76. The Morgan fingerprint density at radius 2 is 2.16 bits per heavy atom. The summed E-state index contributed by atoms with van der Waals surface area (Å²) in [4.78, 5) is 6.72. The standard InChI is InChI=1S/C18H28N4O2.HI/c1-18(12-24-13-18)11-20-17(19-2)21-14-8-9-22(10-14)15-6-4-5-7-16(15)23-3;/h4-7,14H,8-13H2,1-3H3,(H2,19,20,21);1H. The Bertz CT molecular complexity index is 592. The summed E-state index contributed by atoms with van der Waals surface area (Å²) in [5.74, 6) is 1.80. The molecular weight excluding hydrogens is 431 g/mol. The van der Waals surface area contributed by atoms with E-state index in [9.17, 15) is 0 Å². The molecule has 3 rings (SSSR count). The summed E-state index contributed by atoms with van der Waals surface area (Å²) < 4.78 is 10.8. The first-order chi connectivity index (χ1) is 11.6. The van der Waals surface area contributed by atoms with Gasteiger partial charge in [-0.1, -0.05) is 19.1 Å². The molecule has 2 heterocycles. The smallest absolute Gasteiger partial charge is 0.191 e. The fourth-order valence-corrected chi connectivity index (χ4v) is 3.23. The van der Waals surface area contributed by atoms with Gasteiger partial charge in [-0.25, -0.2) is 0 Å². The summed E-state index contributed by atoms with van der Waals surface area (Å²) in [6.45, 7) is 6.72. The van der Waals surface area contributed by atoms with Crippen molar-refractivity contribution < 1.29 is 9.47 Å². The lowest BCUT2D eigenvalue weighted by Crippen LogP contribution is -2.52. The van der Waals surface area contributed by atoms with Crippen LogP contribution in [0.25, 0.3) is 0 Å². The minimum absolute atomic E-state index is 0. The largest absolute Gasteiger partial charge is 0.495 e. The summed E-state index contributed by atoms with van der Waals surface area (Å²) >= 11 is 0. The molecule has 1 unspecified atom stereocenters. The third kappa shape index (κ3) is 4.91. The van der Waals surface area contributed by atoms with E-state index in [-0.39, 0.29) is 29.4 Å². The second-order valence-electron chi connectivity index (χ2n) is 6.98. The number of methoxy groups -OCH3 is 1. The average Bonchev–Trinajstić information content (AvgIpc) is 3.05. The molecule has 2 saturated heterocycles. The van der Waals surface area contributed by atoms with Gasteiger partial charge >= 0.3 is 0 Å². The molecule has 1 aromatic rings. The van der Waals surface area contributed by atoms with Gasteiger partial charge in [0.1, 0.15) is 5.75 Å². The number of anilines is 1. The quantitative estimate of drug-likeness (QED) is 0.401. The highest BCUT2D eigenvalue weighted by atomic mass is 127. The third-order valence-corrected chi connectivity index (χ3v) is 4.76. The minimum atomic E-state index is 0. The van der Waals surface area contributed by atoms with E-state index in [0.717, 1.165) is 56.7 Å². The lowest BCUT2D eigenvalue weighted by atomic mass is 9.89. The Morgan fingerprint density at radius 1 is 1.40 bits per heavy atom. The molecule has 0 aliphatic carbocycles. The van der Waals surface area contributed by atoms with Gasteiger partial charge in [0.15, 0.2) is 5.96 Å². The number of nitrogens with one attached hydrogen (secondary N) is 2. The van der Waals surface area contributed by atoms with Crippen molar-refractivity contribution in [3.63, 3.8) is 0 Å². The van der Waals surface area contributed by atoms with E-state index < -0.39 is 0 Å². The van der Waals surface area contributed by atoms with Crippen molar-refractivity contribution in [2.24, 2.45) is 10.4 Å². The summed E-state index contributed by atoms with van der Waals surface area (Å²) in [6, 6.07) is 8.57. The molecule has 2 aliphatic heterocycles.